The summed E-state index contributed by atoms with van der Waals surface area (Å²) in [5.41, 5.74) is 12.3. The number of rotatable bonds is 27. The number of hydrogen-bond acceptors (Lipinski definition) is 6. The van der Waals surface area contributed by atoms with E-state index in [1.807, 2.05) is 21.6 Å². The third-order valence-electron chi connectivity index (χ3n) is 6.07. The highest BCUT2D eigenvalue weighted by molar-refractivity contribution is 8.76. The van der Waals surface area contributed by atoms with Gasteiger partial charge in [0.2, 0.25) is 0 Å². The van der Waals surface area contributed by atoms with Crippen LogP contribution in [0, 0.1) is 0 Å². The molecule has 0 fully saturated rings. The molecule has 0 aliphatic heterocycles. The van der Waals surface area contributed by atoms with E-state index in [1.54, 1.807) is 0 Å². The lowest BCUT2D eigenvalue weighted by atomic mass is 10.0. The van der Waals surface area contributed by atoms with Crippen LogP contribution in [0.2, 0.25) is 0 Å². The lowest BCUT2D eigenvalue weighted by Gasteiger charge is -2.23. The van der Waals surface area contributed by atoms with Crippen molar-refractivity contribution in [3.05, 3.63) is 0 Å². The molecule has 0 aromatic rings. The molecular formula is C26H58N4S2. The molecule has 0 heterocycles. The van der Waals surface area contributed by atoms with E-state index in [-0.39, 0.29) is 6.04 Å². The molecule has 0 spiro atoms. The summed E-state index contributed by atoms with van der Waals surface area (Å²) in [6.45, 7) is 9.40. The van der Waals surface area contributed by atoms with Gasteiger partial charge in [-0.05, 0) is 19.4 Å². The Morgan fingerprint density at radius 2 is 1.22 bits per heavy atom. The number of nitrogens with one attached hydrogen (secondary N) is 1. The fourth-order valence-electron chi connectivity index (χ4n) is 3.93. The van der Waals surface area contributed by atoms with Crippen LogP contribution in [-0.2, 0) is 0 Å². The molecule has 0 radical (unpaired) electrons. The number of nitrogens with zero attached hydrogens (tertiary/aromatic N) is 1. The van der Waals surface area contributed by atoms with Gasteiger partial charge in [-0.25, -0.2) is 0 Å². The maximum absolute atomic E-state index is 6.38. The SMILES string of the molecule is CCCCCCCCCCCCCCCC(N)CN(CN)CCSSCCNCCCC. The molecule has 194 valence electrons. The zero-order valence-corrected chi connectivity index (χ0v) is 23.4. The average Bonchev–Trinajstić information content (AvgIpc) is 2.80. The van der Waals surface area contributed by atoms with Gasteiger partial charge in [0.25, 0.3) is 0 Å². The second-order valence-electron chi connectivity index (χ2n) is 9.30. The fourth-order valence-corrected chi connectivity index (χ4v) is 5.91. The zero-order chi connectivity index (χ0) is 23.5. The lowest BCUT2D eigenvalue weighted by molar-refractivity contribution is 0.272. The Kier molecular flexibility index (Phi) is 28.3. The van der Waals surface area contributed by atoms with Gasteiger partial charge >= 0.3 is 0 Å². The summed E-state index contributed by atoms with van der Waals surface area (Å²) in [6, 6.07) is 0.270. The summed E-state index contributed by atoms with van der Waals surface area (Å²) < 4.78 is 0. The first-order valence-electron chi connectivity index (χ1n) is 13.9. The van der Waals surface area contributed by atoms with Gasteiger partial charge in [0.15, 0.2) is 0 Å². The largest absolute Gasteiger partial charge is 0.327 e. The van der Waals surface area contributed by atoms with Gasteiger partial charge in [0.05, 0.1) is 0 Å². The number of unbranched alkanes of at least 4 members (excludes halogenated alkanes) is 13. The third kappa shape index (κ3) is 25.2. The van der Waals surface area contributed by atoms with E-state index in [0.29, 0.717) is 6.67 Å². The zero-order valence-electron chi connectivity index (χ0n) is 21.8. The summed E-state index contributed by atoms with van der Waals surface area (Å²) in [6.07, 6.45) is 21.9. The Morgan fingerprint density at radius 3 is 1.78 bits per heavy atom. The van der Waals surface area contributed by atoms with E-state index in [9.17, 15) is 0 Å². The smallest absolute Gasteiger partial charge is 0.0456 e. The van der Waals surface area contributed by atoms with E-state index >= 15 is 0 Å². The Hall–Kier alpha value is 0.540. The van der Waals surface area contributed by atoms with Crippen molar-refractivity contribution < 1.29 is 0 Å². The van der Waals surface area contributed by atoms with Crippen molar-refractivity contribution in [3.8, 4) is 0 Å². The van der Waals surface area contributed by atoms with Gasteiger partial charge in [-0.2, -0.15) is 0 Å². The van der Waals surface area contributed by atoms with Crippen molar-refractivity contribution in [2.24, 2.45) is 11.5 Å². The maximum atomic E-state index is 6.38. The van der Waals surface area contributed by atoms with Crippen LogP contribution < -0.4 is 16.8 Å². The molecule has 0 aliphatic carbocycles. The predicted molar refractivity (Wildman–Crippen MR) is 152 cm³/mol. The fraction of sp³-hybridized carbons (Fsp3) is 1.00. The normalized spacial score (nSPS) is 12.7. The monoisotopic (exact) mass is 490 g/mol. The molecule has 4 nitrogen and oxygen atoms in total. The number of hydrogen-bond donors (Lipinski definition) is 3. The minimum absolute atomic E-state index is 0.270. The molecule has 0 bridgehead atoms. The molecule has 5 N–H and O–H groups in total. The Morgan fingerprint density at radius 1 is 0.688 bits per heavy atom. The highest BCUT2D eigenvalue weighted by atomic mass is 33.1. The van der Waals surface area contributed by atoms with Crippen LogP contribution in [0.15, 0.2) is 0 Å². The lowest BCUT2D eigenvalue weighted by Crippen LogP contribution is -2.41. The van der Waals surface area contributed by atoms with Crippen LogP contribution in [0.1, 0.15) is 117 Å². The van der Waals surface area contributed by atoms with Crippen LogP contribution in [0.4, 0.5) is 0 Å². The topological polar surface area (TPSA) is 67.3 Å². The van der Waals surface area contributed by atoms with Crippen LogP contribution in [-0.4, -0.2) is 55.3 Å². The molecule has 0 aromatic carbocycles. The molecular weight excluding hydrogens is 432 g/mol. The standard InChI is InChI=1S/C26H58N4S2/c1-3-5-7-8-9-10-11-12-13-14-15-16-17-18-26(28)24-30(25-27)21-23-32-31-22-20-29-19-6-4-2/h26,29H,3-25,27-28H2,1-2H3. The predicted octanol–water partition coefficient (Wildman–Crippen LogP) is 6.78. The van der Waals surface area contributed by atoms with Gasteiger partial charge in [-0.15, -0.1) is 0 Å². The first-order chi connectivity index (χ1) is 15.7. The molecule has 1 unspecified atom stereocenters. The minimum atomic E-state index is 0.270. The second-order valence-corrected chi connectivity index (χ2v) is 12.0. The summed E-state index contributed by atoms with van der Waals surface area (Å²) in [7, 11) is 3.93. The quantitative estimate of drug-likeness (QED) is 0.0669. The highest BCUT2D eigenvalue weighted by Crippen LogP contribution is 2.20. The summed E-state index contributed by atoms with van der Waals surface area (Å²) in [5.74, 6) is 2.30. The van der Waals surface area contributed by atoms with Gasteiger partial charge in [0, 0.05) is 43.9 Å². The second kappa shape index (κ2) is 27.8. The molecule has 1 atom stereocenters. The van der Waals surface area contributed by atoms with E-state index in [1.165, 1.54) is 102 Å². The first kappa shape index (κ1) is 32.5. The van der Waals surface area contributed by atoms with Crippen molar-refractivity contribution in [3.63, 3.8) is 0 Å². The van der Waals surface area contributed by atoms with Crippen molar-refractivity contribution >= 4 is 21.6 Å². The van der Waals surface area contributed by atoms with Gasteiger partial charge in [-0.3, -0.25) is 4.90 Å². The Balaban J connectivity index is 3.41. The van der Waals surface area contributed by atoms with Crippen molar-refractivity contribution in [1.82, 2.24) is 10.2 Å². The van der Waals surface area contributed by atoms with Crippen LogP contribution in [0.25, 0.3) is 0 Å². The van der Waals surface area contributed by atoms with Gasteiger partial charge < -0.3 is 16.8 Å². The minimum Gasteiger partial charge on any atom is -0.327 e. The summed E-state index contributed by atoms with van der Waals surface area (Å²) >= 11 is 0. The molecule has 0 aromatic heterocycles. The van der Waals surface area contributed by atoms with E-state index < -0.39 is 0 Å². The number of nitrogens with two attached hydrogens (primary N) is 2. The average molecular weight is 491 g/mol. The van der Waals surface area contributed by atoms with Crippen molar-refractivity contribution in [1.29, 1.82) is 0 Å². The Labute approximate surface area is 209 Å². The molecule has 0 rings (SSSR count). The van der Waals surface area contributed by atoms with E-state index in [4.69, 9.17) is 11.5 Å². The van der Waals surface area contributed by atoms with Crippen molar-refractivity contribution in [2.45, 2.75) is 123 Å². The first-order valence-corrected chi connectivity index (χ1v) is 16.4. The Bertz CT molecular complexity index is 348. The molecule has 0 saturated carbocycles. The molecule has 32 heavy (non-hydrogen) atoms. The highest BCUT2D eigenvalue weighted by Gasteiger charge is 2.09. The van der Waals surface area contributed by atoms with Gasteiger partial charge in [-0.1, -0.05) is 125 Å². The van der Waals surface area contributed by atoms with Crippen LogP contribution >= 0.6 is 21.6 Å². The molecule has 6 heteroatoms. The molecule has 0 aliphatic rings. The summed E-state index contributed by atoms with van der Waals surface area (Å²) in [4.78, 5) is 2.32. The maximum Gasteiger partial charge on any atom is 0.0456 e. The van der Waals surface area contributed by atoms with Crippen LogP contribution in [0.3, 0.4) is 0 Å². The third-order valence-corrected chi connectivity index (χ3v) is 8.46. The van der Waals surface area contributed by atoms with Gasteiger partial charge in [0.1, 0.15) is 0 Å². The molecule has 0 amide bonds. The summed E-state index contributed by atoms with van der Waals surface area (Å²) in [5, 5.41) is 3.49. The van der Waals surface area contributed by atoms with E-state index in [0.717, 1.165) is 38.4 Å². The van der Waals surface area contributed by atoms with Crippen molar-refractivity contribution in [2.75, 3.05) is 44.4 Å². The van der Waals surface area contributed by atoms with E-state index in [2.05, 4.69) is 24.1 Å². The molecule has 0 saturated heterocycles. The van der Waals surface area contributed by atoms with Crippen LogP contribution in [0.5, 0.6) is 0 Å².